The molecule has 0 radical (unpaired) electrons. The first-order valence-electron chi connectivity index (χ1n) is 6.54. The van der Waals surface area contributed by atoms with E-state index in [9.17, 15) is 0 Å². The van der Waals surface area contributed by atoms with Gasteiger partial charge in [0.15, 0.2) is 5.82 Å². The smallest absolute Gasteiger partial charge is 0.218 e. The van der Waals surface area contributed by atoms with E-state index in [4.69, 9.17) is 21.1 Å². The van der Waals surface area contributed by atoms with Crippen LogP contribution in [-0.4, -0.2) is 23.7 Å². The number of halogens is 1. The fourth-order valence-corrected chi connectivity index (χ4v) is 1.84. The maximum Gasteiger partial charge on any atom is 0.218 e. The number of ether oxygens (including phenoxy) is 2. The number of hydrogen-bond acceptors (Lipinski definition) is 4. The van der Waals surface area contributed by atoms with Gasteiger partial charge >= 0.3 is 0 Å². The van der Waals surface area contributed by atoms with Crippen LogP contribution in [0.15, 0.2) is 30.3 Å². The predicted molar refractivity (Wildman–Crippen MR) is 79.4 cm³/mol. The molecule has 4 nitrogen and oxygen atoms in total. The second kappa shape index (κ2) is 7.10. The molecule has 1 aromatic carbocycles. The van der Waals surface area contributed by atoms with Gasteiger partial charge in [0.25, 0.3) is 0 Å². The summed E-state index contributed by atoms with van der Waals surface area (Å²) in [5, 5.41) is 0.357. The Balaban J connectivity index is 2.15. The van der Waals surface area contributed by atoms with Gasteiger partial charge in [-0.25, -0.2) is 4.98 Å². The van der Waals surface area contributed by atoms with Crippen LogP contribution in [0.5, 0.6) is 11.6 Å². The first-order chi connectivity index (χ1) is 9.72. The van der Waals surface area contributed by atoms with Gasteiger partial charge in [-0.2, -0.15) is 4.98 Å². The van der Waals surface area contributed by atoms with Crippen LogP contribution in [0.2, 0.25) is 5.15 Å². The highest BCUT2D eigenvalue weighted by Gasteiger charge is 2.06. The highest BCUT2D eigenvalue weighted by atomic mass is 35.5. The highest BCUT2D eigenvalue weighted by Crippen LogP contribution is 2.23. The van der Waals surface area contributed by atoms with Crippen molar-refractivity contribution < 1.29 is 9.47 Å². The maximum absolute atomic E-state index is 5.94. The molecule has 0 aliphatic rings. The summed E-state index contributed by atoms with van der Waals surface area (Å²) in [6.45, 7) is 2.87. The quantitative estimate of drug-likeness (QED) is 0.596. The third-order valence-corrected chi connectivity index (χ3v) is 2.95. The van der Waals surface area contributed by atoms with Gasteiger partial charge in [-0.05, 0) is 30.7 Å². The van der Waals surface area contributed by atoms with Crippen LogP contribution in [0.3, 0.4) is 0 Å². The van der Waals surface area contributed by atoms with E-state index in [2.05, 4.69) is 16.9 Å². The average molecular weight is 293 g/mol. The van der Waals surface area contributed by atoms with Gasteiger partial charge < -0.3 is 9.47 Å². The van der Waals surface area contributed by atoms with Crippen molar-refractivity contribution >= 4 is 11.6 Å². The largest absolute Gasteiger partial charge is 0.494 e. The predicted octanol–water partition coefficient (Wildman–Crippen LogP) is 3.98. The number of rotatable bonds is 6. The van der Waals surface area contributed by atoms with Gasteiger partial charge in [-0.15, -0.1) is 0 Å². The summed E-state index contributed by atoms with van der Waals surface area (Å²) < 4.78 is 10.7. The Labute approximate surface area is 123 Å². The summed E-state index contributed by atoms with van der Waals surface area (Å²) in [4.78, 5) is 8.46. The molecule has 0 unspecified atom stereocenters. The lowest BCUT2D eigenvalue weighted by molar-refractivity contribution is 0.309. The summed E-state index contributed by atoms with van der Waals surface area (Å²) >= 11 is 5.94. The Bertz CT molecular complexity index is 558. The van der Waals surface area contributed by atoms with Crippen LogP contribution in [-0.2, 0) is 0 Å². The minimum Gasteiger partial charge on any atom is -0.494 e. The number of nitrogens with zero attached hydrogens (tertiary/aromatic N) is 2. The van der Waals surface area contributed by atoms with Gasteiger partial charge in [0.05, 0.1) is 13.7 Å². The lowest BCUT2D eigenvalue weighted by Crippen LogP contribution is -1.97. The van der Waals surface area contributed by atoms with Crippen LogP contribution in [0.25, 0.3) is 11.4 Å². The van der Waals surface area contributed by atoms with E-state index in [1.807, 2.05) is 24.3 Å². The van der Waals surface area contributed by atoms with Crippen molar-refractivity contribution in [1.82, 2.24) is 9.97 Å². The Kier molecular flexibility index (Phi) is 5.18. The summed E-state index contributed by atoms with van der Waals surface area (Å²) in [5.41, 5.74) is 0.869. The van der Waals surface area contributed by atoms with Crippen molar-refractivity contribution in [3.63, 3.8) is 0 Å². The SMILES string of the molecule is CCCCOc1ccc(-c2nc(Cl)cc(OC)n2)cc1. The first kappa shape index (κ1) is 14.6. The van der Waals surface area contributed by atoms with Crippen LogP contribution in [0, 0.1) is 0 Å². The maximum atomic E-state index is 5.94. The third-order valence-electron chi connectivity index (χ3n) is 2.76. The Morgan fingerprint density at radius 3 is 2.55 bits per heavy atom. The zero-order valence-electron chi connectivity index (χ0n) is 11.6. The molecular formula is C15H17ClN2O2. The average Bonchev–Trinajstić information content (AvgIpc) is 2.47. The van der Waals surface area contributed by atoms with Crippen LogP contribution >= 0.6 is 11.6 Å². The molecule has 20 heavy (non-hydrogen) atoms. The second-order valence-corrected chi connectivity index (χ2v) is 4.67. The number of unbranched alkanes of at least 4 members (excludes halogenated alkanes) is 1. The molecule has 0 spiro atoms. The molecule has 106 valence electrons. The number of benzene rings is 1. The monoisotopic (exact) mass is 292 g/mol. The van der Waals surface area contributed by atoms with Crippen LogP contribution < -0.4 is 9.47 Å². The van der Waals surface area contributed by atoms with E-state index in [1.54, 1.807) is 13.2 Å². The van der Waals surface area contributed by atoms with E-state index in [-0.39, 0.29) is 0 Å². The normalized spacial score (nSPS) is 10.3. The molecule has 2 aromatic rings. The molecule has 1 aromatic heterocycles. The molecule has 2 rings (SSSR count). The van der Waals surface area contributed by atoms with E-state index in [0.717, 1.165) is 30.8 Å². The van der Waals surface area contributed by atoms with Crippen LogP contribution in [0.1, 0.15) is 19.8 Å². The van der Waals surface area contributed by atoms with Gasteiger partial charge in [0, 0.05) is 11.6 Å². The Hall–Kier alpha value is -1.81. The Morgan fingerprint density at radius 1 is 1.15 bits per heavy atom. The molecule has 1 heterocycles. The highest BCUT2D eigenvalue weighted by molar-refractivity contribution is 6.29. The molecule has 0 aliphatic heterocycles. The molecule has 0 saturated heterocycles. The van der Waals surface area contributed by atoms with Gasteiger partial charge in [-0.1, -0.05) is 24.9 Å². The Morgan fingerprint density at radius 2 is 1.90 bits per heavy atom. The third kappa shape index (κ3) is 3.84. The number of methoxy groups -OCH3 is 1. The first-order valence-corrected chi connectivity index (χ1v) is 6.92. The summed E-state index contributed by atoms with van der Waals surface area (Å²) in [6, 6.07) is 9.20. The fourth-order valence-electron chi connectivity index (χ4n) is 1.67. The molecule has 0 fully saturated rings. The standard InChI is InChI=1S/C15H17ClN2O2/c1-3-4-9-20-12-7-5-11(6-8-12)15-17-13(16)10-14(18-15)19-2/h5-8,10H,3-4,9H2,1-2H3. The van der Waals surface area contributed by atoms with Crippen molar-refractivity contribution in [3.8, 4) is 23.0 Å². The van der Waals surface area contributed by atoms with Crippen LogP contribution in [0.4, 0.5) is 0 Å². The van der Waals surface area contributed by atoms with Crippen molar-refractivity contribution in [2.45, 2.75) is 19.8 Å². The number of hydrogen-bond donors (Lipinski definition) is 0. The van der Waals surface area contributed by atoms with E-state index in [1.165, 1.54) is 0 Å². The zero-order chi connectivity index (χ0) is 14.4. The summed E-state index contributed by atoms with van der Waals surface area (Å²) in [6.07, 6.45) is 2.17. The van der Waals surface area contributed by atoms with Crippen molar-refractivity contribution in [2.24, 2.45) is 0 Å². The molecular weight excluding hydrogens is 276 g/mol. The number of aromatic nitrogens is 2. The zero-order valence-corrected chi connectivity index (χ0v) is 12.4. The van der Waals surface area contributed by atoms with Gasteiger partial charge in [-0.3, -0.25) is 0 Å². The second-order valence-electron chi connectivity index (χ2n) is 4.28. The fraction of sp³-hybridized carbons (Fsp3) is 0.333. The summed E-state index contributed by atoms with van der Waals surface area (Å²) in [5.74, 6) is 1.83. The van der Waals surface area contributed by atoms with Gasteiger partial charge in [0.2, 0.25) is 5.88 Å². The van der Waals surface area contributed by atoms with E-state index < -0.39 is 0 Å². The molecule has 0 atom stereocenters. The van der Waals surface area contributed by atoms with Crippen molar-refractivity contribution in [1.29, 1.82) is 0 Å². The topological polar surface area (TPSA) is 44.2 Å². The van der Waals surface area contributed by atoms with E-state index in [0.29, 0.717) is 16.9 Å². The molecule has 0 amide bonds. The van der Waals surface area contributed by atoms with E-state index >= 15 is 0 Å². The lowest BCUT2D eigenvalue weighted by atomic mass is 10.2. The summed E-state index contributed by atoms with van der Waals surface area (Å²) in [7, 11) is 1.55. The molecule has 0 bridgehead atoms. The minimum atomic E-state index is 0.357. The molecule has 0 N–H and O–H groups in total. The minimum absolute atomic E-state index is 0.357. The molecule has 5 heteroatoms. The van der Waals surface area contributed by atoms with Gasteiger partial charge in [0.1, 0.15) is 10.9 Å². The van der Waals surface area contributed by atoms with Crippen molar-refractivity contribution in [3.05, 3.63) is 35.5 Å². The lowest BCUT2D eigenvalue weighted by Gasteiger charge is -2.07. The van der Waals surface area contributed by atoms with Crippen molar-refractivity contribution in [2.75, 3.05) is 13.7 Å². The molecule has 0 aliphatic carbocycles. The molecule has 0 saturated carbocycles.